The standard InChI is InChI=1S/C21H16O3S/c1-12-11-16(25-13-7-3-2-4-8-13)21(24)18-17(12)19(22)14-9-5-6-10-15(14)20(18)23/h2-11,17-18,24H,1H3. The lowest BCUT2D eigenvalue weighted by Crippen LogP contribution is -2.40. The molecular weight excluding hydrogens is 332 g/mol. The molecule has 3 nitrogen and oxygen atoms in total. The van der Waals surface area contributed by atoms with Gasteiger partial charge < -0.3 is 5.11 Å². The molecule has 2 aromatic carbocycles. The number of hydrogen-bond acceptors (Lipinski definition) is 4. The number of carbonyl (C=O) groups is 2. The largest absolute Gasteiger partial charge is 0.510 e. The van der Waals surface area contributed by atoms with E-state index in [2.05, 4.69) is 0 Å². The van der Waals surface area contributed by atoms with Crippen LogP contribution in [-0.2, 0) is 0 Å². The van der Waals surface area contributed by atoms with E-state index in [9.17, 15) is 14.7 Å². The van der Waals surface area contributed by atoms with Gasteiger partial charge in [-0.3, -0.25) is 9.59 Å². The summed E-state index contributed by atoms with van der Waals surface area (Å²) < 4.78 is 0. The third-order valence-corrected chi connectivity index (χ3v) is 5.78. The molecule has 0 saturated carbocycles. The molecule has 25 heavy (non-hydrogen) atoms. The van der Waals surface area contributed by atoms with Crippen LogP contribution >= 0.6 is 11.8 Å². The molecule has 2 unspecified atom stereocenters. The number of rotatable bonds is 2. The average molecular weight is 348 g/mol. The van der Waals surface area contributed by atoms with Crippen LogP contribution in [0.1, 0.15) is 27.6 Å². The van der Waals surface area contributed by atoms with Gasteiger partial charge in [0.25, 0.3) is 0 Å². The predicted octanol–water partition coefficient (Wildman–Crippen LogP) is 4.82. The van der Waals surface area contributed by atoms with Crippen LogP contribution in [0, 0.1) is 11.8 Å². The lowest BCUT2D eigenvalue weighted by molar-refractivity contribution is 0.0749. The van der Waals surface area contributed by atoms with Crippen molar-refractivity contribution in [2.24, 2.45) is 11.8 Å². The quantitative estimate of drug-likeness (QED) is 0.845. The van der Waals surface area contributed by atoms with Gasteiger partial charge in [0.1, 0.15) is 5.76 Å². The lowest BCUT2D eigenvalue weighted by atomic mass is 9.68. The first-order valence-electron chi connectivity index (χ1n) is 8.09. The number of ketones is 2. The number of carbonyl (C=O) groups excluding carboxylic acids is 2. The van der Waals surface area contributed by atoms with Gasteiger partial charge in [0.05, 0.1) is 16.7 Å². The highest BCUT2D eigenvalue weighted by Gasteiger charge is 2.46. The Hall–Kier alpha value is -2.59. The van der Waals surface area contributed by atoms with Crippen LogP contribution < -0.4 is 0 Å². The molecule has 0 aliphatic heterocycles. The summed E-state index contributed by atoms with van der Waals surface area (Å²) >= 11 is 1.41. The van der Waals surface area contributed by atoms with Gasteiger partial charge in [-0.15, -0.1) is 0 Å². The molecule has 0 saturated heterocycles. The number of benzene rings is 2. The minimum Gasteiger partial charge on any atom is -0.510 e. The van der Waals surface area contributed by atoms with Gasteiger partial charge in [-0.05, 0) is 25.1 Å². The Kier molecular flexibility index (Phi) is 3.85. The molecule has 2 aromatic rings. The van der Waals surface area contributed by atoms with Gasteiger partial charge in [0.2, 0.25) is 0 Å². The summed E-state index contributed by atoms with van der Waals surface area (Å²) in [5.74, 6) is -1.71. The third kappa shape index (κ3) is 2.53. The molecule has 0 aromatic heterocycles. The highest BCUT2D eigenvalue weighted by Crippen LogP contribution is 2.45. The highest BCUT2D eigenvalue weighted by molar-refractivity contribution is 8.03. The number of aliphatic hydroxyl groups excluding tert-OH is 1. The number of allylic oxidation sites excluding steroid dienone is 3. The maximum absolute atomic E-state index is 13.0. The molecule has 0 heterocycles. The van der Waals surface area contributed by atoms with Crippen molar-refractivity contribution in [3.8, 4) is 0 Å². The fourth-order valence-corrected chi connectivity index (χ4v) is 4.55. The normalized spacial score (nSPS) is 22.4. The van der Waals surface area contributed by atoms with Crippen molar-refractivity contribution in [2.75, 3.05) is 0 Å². The molecule has 2 atom stereocenters. The van der Waals surface area contributed by atoms with E-state index < -0.39 is 11.8 Å². The van der Waals surface area contributed by atoms with Crippen LogP contribution in [0.3, 0.4) is 0 Å². The van der Waals surface area contributed by atoms with Crippen LogP contribution in [-0.4, -0.2) is 16.7 Å². The Morgan fingerprint density at radius 1 is 0.840 bits per heavy atom. The molecular formula is C21H16O3S. The fraction of sp³-hybridized carbons (Fsp3) is 0.143. The van der Waals surface area contributed by atoms with Crippen LogP contribution in [0.2, 0.25) is 0 Å². The van der Waals surface area contributed by atoms with E-state index in [-0.39, 0.29) is 17.3 Å². The Morgan fingerprint density at radius 2 is 1.40 bits per heavy atom. The smallest absolute Gasteiger partial charge is 0.175 e. The zero-order valence-electron chi connectivity index (χ0n) is 13.6. The summed E-state index contributed by atoms with van der Waals surface area (Å²) in [6.45, 7) is 1.86. The molecule has 124 valence electrons. The molecule has 0 radical (unpaired) electrons. The Balaban J connectivity index is 1.80. The van der Waals surface area contributed by atoms with E-state index in [0.717, 1.165) is 10.5 Å². The van der Waals surface area contributed by atoms with Crippen LogP contribution in [0.25, 0.3) is 0 Å². The van der Waals surface area contributed by atoms with E-state index in [0.29, 0.717) is 16.0 Å². The van der Waals surface area contributed by atoms with Crippen LogP contribution in [0.4, 0.5) is 0 Å². The Bertz CT molecular complexity index is 941. The second-order valence-corrected chi connectivity index (χ2v) is 7.40. The van der Waals surface area contributed by atoms with Crippen molar-refractivity contribution in [1.82, 2.24) is 0 Å². The number of aliphatic hydroxyl groups is 1. The van der Waals surface area contributed by atoms with Gasteiger partial charge >= 0.3 is 0 Å². The zero-order valence-corrected chi connectivity index (χ0v) is 14.4. The Labute approximate surface area is 150 Å². The third-order valence-electron chi connectivity index (χ3n) is 4.72. The van der Waals surface area contributed by atoms with Gasteiger partial charge in [-0.1, -0.05) is 59.8 Å². The molecule has 0 bridgehead atoms. The number of fused-ring (bicyclic) bond motifs is 2. The van der Waals surface area contributed by atoms with E-state index in [1.165, 1.54) is 11.8 Å². The second kappa shape index (κ2) is 6.05. The van der Waals surface area contributed by atoms with Gasteiger partial charge in [-0.2, -0.15) is 0 Å². The topological polar surface area (TPSA) is 54.4 Å². The van der Waals surface area contributed by atoms with Gasteiger partial charge in [0, 0.05) is 16.0 Å². The maximum Gasteiger partial charge on any atom is 0.175 e. The van der Waals surface area contributed by atoms with Crippen molar-refractivity contribution < 1.29 is 14.7 Å². The summed E-state index contributed by atoms with van der Waals surface area (Å²) in [6.07, 6.45) is 1.83. The molecule has 4 rings (SSSR count). The summed E-state index contributed by atoms with van der Waals surface area (Å²) in [5.41, 5.74) is 1.67. The molecule has 1 N–H and O–H groups in total. The number of hydrogen-bond donors (Lipinski definition) is 1. The first-order valence-corrected chi connectivity index (χ1v) is 8.91. The number of thioether (sulfide) groups is 1. The first-order chi connectivity index (χ1) is 12.1. The predicted molar refractivity (Wildman–Crippen MR) is 97.8 cm³/mol. The van der Waals surface area contributed by atoms with Crippen molar-refractivity contribution in [2.45, 2.75) is 11.8 Å². The van der Waals surface area contributed by atoms with E-state index in [1.807, 2.05) is 43.3 Å². The van der Waals surface area contributed by atoms with E-state index in [1.54, 1.807) is 24.3 Å². The van der Waals surface area contributed by atoms with Crippen molar-refractivity contribution in [1.29, 1.82) is 0 Å². The molecule has 4 heteroatoms. The maximum atomic E-state index is 13.0. The van der Waals surface area contributed by atoms with E-state index in [4.69, 9.17) is 0 Å². The lowest BCUT2D eigenvalue weighted by Gasteiger charge is -2.34. The van der Waals surface area contributed by atoms with Crippen molar-refractivity contribution >= 4 is 23.3 Å². The Morgan fingerprint density at radius 3 is 2.04 bits per heavy atom. The summed E-state index contributed by atoms with van der Waals surface area (Å²) in [5, 5.41) is 10.8. The average Bonchev–Trinajstić information content (AvgIpc) is 2.63. The molecule has 0 fully saturated rings. The molecule has 0 amide bonds. The second-order valence-electron chi connectivity index (χ2n) is 6.28. The van der Waals surface area contributed by atoms with Crippen LogP contribution in [0.15, 0.2) is 81.8 Å². The molecule has 2 aliphatic carbocycles. The zero-order chi connectivity index (χ0) is 17.6. The SMILES string of the molecule is CC1=CC(Sc2ccccc2)=C(O)C2C(=O)c3ccccc3C(=O)C12. The summed E-state index contributed by atoms with van der Waals surface area (Å²) in [4.78, 5) is 27.5. The van der Waals surface area contributed by atoms with Gasteiger partial charge in [0.15, 0.2) is 11.6 Å². The summed E-state index contributed by atoms with van der Waals surface area (Å²) in [6, 6.07) is 16.5. The minimum atomic E-state index is -0.821. The van der Waals surface area contributed by atoms with Crippen molar-refractivity contribution in [3.05, 3.63) is 88.0 Å². The van der Waals surface area contributed by atoms with Crippen LogP contribution in [0.5, 0.6) is 0 Å². The fourth-order valence-electron chi connectivity index (χ4n) is 3.52. The number of Topliss-reactive ketones (excluding diaryl/α,β-unsaturated/α-hetero) is 2. The highest BCUT2D eigenvalue weighted by atomic mass is 32.2. The molecule has 0 spiro atoms. The van der Waals surface area contributed by atoms with Gasteiger partial charge in [-0.25, -0.2) is 0 Å². The molecule has 2 aliphatic rings. The van der Waals surface area contributed by atoms with Crippen molar-refractivity contribution in [3.63, 3.8) is 0 Å². The minimum absolute atomic E-state index is 0.00249. The summed E-state index contributed by atoms with van der Waals surface area (Å²) in [7, 11) is 0. The van der Waals surface area contributed by atoms with E-state index >= 15 is 0 Å². The first kappa shape index (κ1) is 15.9. The monoisotopic (exact) mass is 348 g/mol.